The van der Waals surface area contributed by atoms with Crippen molar-refractivity contribution in [3.05, 3.63) is 53.1 Å². The van der Waals surface area contributed by atoms with E-state index in [2.05, 4.69) is 4.98 Å². The van der Waals surface area contributed by atoms with Crippen molar-refractivity contribution in [1.29, 1.82) is 0 Å². The maximum Gasteiger partial charge on any atom is 0.0951 e. The maximum absolute atomic E-state index is 5.94. The number of aromatic nitrogens is 2. The van der Waals surface area contributed by atoms with Crippen LogP contribution in [0.25, 0.3) is 0 Å². The molecule has 2 N–H and O–H groups in total. The summed E-state index contributed by atoms with van der Waals surface area (Å²) < 4.78 is 2.04. The fourth-order valence-electron chi connectivity index (χ4n) is 1.67. The number of hydrogen-bond donors (Lipinski definition) is 1. The molecule has 1 atom stereocenters. The molecule has 1 aromatic carbocycles. The predicted octanol–water partition coefficient (Wildman–Crippen LogP) is 2.60. The third-order valence-corrected chi connectivity index (χ3v) is 2.69. The molecule has 0 saturated heterocycles. The van der Waals surface area contributed by atoms with E-state index in [1.165, 1.54) is 0 Å². The Labute approximate surface area is 99.9 Å². The van der Waals surface area contributed by atoms with Gasteiger partial charge >= 0.3 is 0 Å². The molecule has 4 heteroatoms. The summed E-state index contributed by atoms with van der Waals surface area (Å²) in [6.07, 6.45) is 3.59. The molecule has 2 aromatic rings. The Hall–Kier alpha value is -1.32. The lowest BCUT2D eigenvalue weighted by Crippen LogP contribution is -2.12. The summed E-state index contributed by atoms with van der Waals surface area (Å²) >= 11 is 5.94. The van der Waals surface area contributed by atoms with Crippen LogP contribution in [0.5, 0.6) is 0 Å². The molecular weight excluding hydrogens is 222 g/mol. The van der Waals surface area contributed by atoms with Gasteiger partial charge in [-0.15, -0.1) is 0 Å². The van der Waals surface area contributed by atoms with Gasteiger partial charge < -0.3 is 10.3 Å². The average molecular weight is 236 g/mol. The van der Waals surface area contributed by atoms with Crippen LogP contribution in [-0.2, 0) is 6.54 Å². The molecule has 0 spiro atoms. The third-order valence-electron chi connectivity index (χ3n) is 2.45. The van der Waals surface area contributed by atoms with Crippen molar-refractivity contribution in [1.82, 2.24) is 9.55 Å². The summed E-state index contributed by atoms with van der Waals surface area (Å²) in [4.78, 5) is 4.11. The van der Waals surface area contributed by atoms with Gasteiger partial charge in [-0.25, -0.2) is 4.98 Å². The van der Waals surface area contributed by atoms with Gasteiger partial charge in [0.15, 0.2) is 0 Å². The first kappa shape index (κ1) is 11.2. The van der Waals surface area contributed by atoms with Crippen molar-refractivity contribution in [2.24, 2.45) is 5.73 Å². The van der Waals surface area contributed by atoms with Crippen molar-refractivity contribution in [3.63, 3.8) is 0 Å². The maximum atomic E-state index is 5.94. The largest absolute Gasteiger partial charge is 0.329 e. The summed E-state index contributed by atoms with van der Waals surface area (Å²) in [5.41, 5.74) is 8.03. The Kier molecular flexibility index (Phi) is 3.27. The number of hydrogen-bond acceptors (Lipinski definition) is 2. The topological polar surface area (TPSA) is 43.8 Å². The van der Waals surface area contributed by atoms with E-state index in [1.807, 2.05) is 35.8 Å². The Morgan fingerprint density at radius 2 is 2.31 bits per heavy atom. The molecule has 0 bridgehead atoms. The van der Waals surface area contributed by atoms with E-state index in [9.17, 15) is 0 Å². The summed E-state index contributed by atoms with van der Waals surface area (Å²) in [6.45, 7) is 2.70. The predicted molar refractivity (Wildman–Crippen MR) is 65.4 cm³/mol. The molecule has 1 aromatic heterocycles. The molecule has 84 valence electrons. The first-order valence-electron chi connectivity index (χ1n) is 5.17. The number of benzene rings is 1. The molecule has 0 radical (unpaired) electrons. The first-order valence-corrected chi connectivity index (χ1v) is 5.54. The highest BCUT2D eigenvalue weighted by molar-refractivity contribution is 6.30. The van der Waals surface area contributed by atoms with E-state index in [4.69, 9.17) is 17.3 Å². The molecule has 0 aliphatic rings. The fourth-order valence-corrected chi connectivity index (χ4v) is 1.89. The average Bonchev–Trinajstić information content (AvgIpc) is 2.66. The lowest BCUT2D eigenvalue weighted by molar-refractivity contribution is 0.674. The lowest BCUT2D eigenvalue weighted by atomic mass is 10.2. The van der Waals surface area contributed by atoms with E-state index < -0.39 is 0 Å². The second-order valence-corrected chi connectivity index (χ2v) is 4.30. The standard InChI is InChI=1S/C12H14ClN3/c1-9(14)12-6-15-8-16(12)7-10-3-2-4-11(13)5-10/h2-6,8-9H,7,14H2,1H3/t9-/m1/s1. The monoisotopic (exact) mass is 235 g/mol. The van der Waals surface area contributed by atoms with Crippen LogP contribution in [0, 0.1) is 0 Å². The van der Waals surface area contributed by atoms with E-state index in [0.717, 1.165) is 22.8 Å². The molecule has 3 nitrogen and oxygen atoms in total. The van der Waals surface area contributed by atoms with Crippen LogP contribution in [0.2, 0.25) is 5.02 Å². The van der Waals surface area contributed by atoms with Crippen LogP contribution >= 0.6 is 11.6 Å². The molecule has 0 amide bonds. The second kappa shape index (κ2) is 4.68. The highest BCUT2D eigenvalue weighted by atomic mass is 35.5. The zero-order valence-corrected chi connectivity index (χ0v) is 9.85. The van der Waals surface area contributed by atoms with Crippen LogP contribution in [0.1, 0.15) is 24.2 Å². The number of rotatable bonds is 3. The van der Waals surface area contributed by atoms with Gasteiger partial charge in [0.2, 0.25) is 0 Å². The minimum absolute atomic E-state index is 0.0123. The van der Waals surface area contributed by atoms with Crippen LogP contribution < -0.4 is 5.73 Å². The summed E-state index contributed by atoms with van der Waals surface area (Å²) in [6, 6.07) is 7.79. The zero-order chi connectivity index (χ0) is 11.5. The van der Waals surface area contributed by atoms with Crippen molar-refractivity contribution < 1.29 is 0 Å². The molecule has 1 heterocycles. The second-order valence-electron chi connectivity index (χ2n) is 3.87. The number of nitrogens with two attached hydrogens (primary N) is 1. The van der Waals surface area contributed by atoms with E-state index in [1.54, 1.807) is 12.5 Å². The molecule has 0 saturated carbocycles. The van der Waals surface area contributed by atoms with E-state index in [-0.39, 0.29) is 6.04 Å². The Morgan fingerprint density at radius 1 is 1.50 bits per heavy atom. The number of imidazole rings is 1. The summed E-state index contributed by atoms with van der Waals surface area (Å²) in [5.74, 6) is 0. The minimum atomic E-state index is -0.0123. The smallest absolute Gasteiger partial charge is 0.0951 e. The van der Waals surface area contributed by atoms with Gasteiger partial charge in [0, 0.05) is 23.8 Å². The summed E-state index contributed by atoms with van der Waals surface area (Å²) in [7, 11) is 0. The van der Waals surface area contributed by atoms with E-state index >= 15 is 0 Å². The fraction of sp³-hybridized carbons (Fsp3) is 0.250. The van der Waals surface area contributed by atoms with Crippen molar-refractivity contribution in [2.75, 3.05) is 0 Å². The van der Waals surface area contributed by atoms with Crippen LogP contribution in [0.4, 0.5) is 0 Å². The normalized spacial score (nSPS) is 12.7. The molecule has 0 aliphatic heterocycles. The van der Waals surface area contributed by atoms with Crippen molar-refractivity contribution in [3.8, 4) is 0 Å². The van der Waals surface area contributed by atoms with Crippen LogP contribution in [0.3, 0.4) is 0 Å². The molecule has 0 aliphatic carbocycles. The molecular formula is C12H14ClN3. The quantitative estimate of drug-likeness (QED) is 0.889. The lowest BCUT2D eigenvalue weighted by Gasteiger charge is -2.10. The SMILES string of the molecule is C[C@@H](N)c1cncn1Cc1cccc(Cl)c1. The molecule has 16 heavy (non-hydrogen) atoms. The van der Waals surface area contributed by atoms with Crippen LogP contribution in [0.15, 0.2) is 36.8 Å². The van der Waals surface area contributed by atoms with Gasteiger partial charge in [-0.2, -0.15) is 0 Å². The molecule has 0 fully saturated rings. The molecule has 0 unspecified atom stereocenters. The van der Waals surface area contributed by atoms with Crippen LogP contribution in [-0.4, -0.2) is 9.55 Å². The third kappa shape index (κ3) is 2.43. The van der Waals surface area contributed by atoms with E-state index in [0.29, 0.717) is 0 Å². The molecule has 2 rings (SSSR count). The van der Waals surface area contributed by atoms with Crippen molar-refractivity contribution in [2.45, 2.75) is 19.5 Å². The first-order chi connectivity index (χ1) is 7.66. The van der Waals surface area contributed by atoms with Crippen molar-refractivity contribution >= 4 is 11.6 Å². The Bertz CT molecular complexity index is 477. The van der Waals surface area contributed by atoms with Gasteiger partial charge in [0.25, 0.3) is 0 Å². The van der Waals surface area contributed by atoms with Gasteiger partial charge in [0.1, 0.15) is 0 Å². The Morgan fingerprint density at radius 3 is 3.00 bits per heavy atom. The van der Waals surface area contributed by atoms with Gasteiger partial charge in [-0.1, -0.05) is 23.7 Å². The highest BCUT2D eigenvalue weighted by Gasteiger charge is 2.06. The zero-order valence-electron chi connectivity index (χ0n) is 9.10. The summed E-state index contributed by atoms with van der Waals surface area (Å²) in [5, 5.41) is 0.750. The van der Waals surface area contributed by atoms with Gasteiger partial charge in [-0.3, -0.25) is 0 Å². The van der Waals surface area contributed by atoms with Gasteiger partial charge in [0.05, 0.1) is 12.0 Å². The minimum Gasteiger partial charge on any atom is -0.329 e. The van der Waals surface area contributed by atoms with Gasteiger partial charge in [-0.05, 0) is 24.6 Å². The Balaban J connectivity index is 2.24. The highest BCUT2D eigenvalue weighted by Crippen LogP contribution is 2.14. The number of nitrogens with zero attached hydrogens (tertiary/aromatic N) is 2. The number of halogens is 1.